The number of sulfonamides is 1. The molecule has 11 heteroatoms. The van der Waals surface area contributed by atoms with Crippen LogP contribution in [0.4, 0.5) is 5.69 Å². The minimum atomic E-state index is -4.11. The average molecular weight is 473 g/mol. The number of nitrogens with one attached hydrogen (secondary N) is 2. The number of hydrogen-bond acceptors (Lipinski definition) is 7. The first-order valence-corrected chi connectivity index (χ1v) is 11.0. The van der Waals surface area contributed by atoms with Gasteiger partial charge in [-0.25, -0.2) is 8.42 Å². The average Bonchev–Trinajstić information content (AvgIpc) is 2.73. The van der Waals surface area contributed by atoms with Crippen LogP contribution in [-0.2, 0) is 21.2 Å². The predicted molar refractivity (Wildman–Crippen MR) is 117 cm³/mol. The number of carbonyl (C=O) groups excluding carboxylic acids is 1. The van der Waals surface area contributed by atoms with Crippen LogP contribution in [0.1, 0.15) is 12.5 Å². The lowest BCUT2D eigenvalue weighted by molar-refractivity contribution is -0.118. The van der Waals surface area contributed by atoms with Crippen LogP contribution < -0.4 is 29.0 Å². The molecule has 2 rings (SSSR count). The molecular weight excluding hydrogens is 448 g/mol. The second-order valence-electron chi connectivity index (χ2n) is 6.34. The van der Waals surface area contributed by atoms with Crippen molar-refractivity contribution in [2.24, 2.45) is 0 Å². The second-order valence-corrected chi connectivity index (χ2v) is 8.40. The van der Waals surface area contributed by atoms with Gasteiger partial charge in [0.15, 0.2) is 11.5 Å². The van der Waals surface area contributed by atoms with Crippen molar-refractivity contribution in [1.29, 1.82) is 0 Å². The summed E-state index contributed by atoms with van der Waals surface area (Å²) in [4.78, 5) is 11.0. The standard InChI is InChI=1S/C20H25ClN2O7S/c1-12(24)22-7-6-13-8-17(28-3)18(29-4)10-15(13)23-31(25,26)20-9-14(21)16(27-2)11-19(20)30-5/h8-11,23H,6-7H2,1-5H3,(H,22,24). The number of ether oxygens (including phenoxy) is 4. The summed E-state index contributed by atoms with van der Waals surface area (Å²) in [5.74, 6) is 0.908. The van der Waals surface area contributed by atoms with E-state index >= 15 is 0 Å². The highest BCUT2D eigenvalue weighted by Crippen LogP contribution is 2.38. The summed E-state index contributed by atoms with van der Waals surface area (Å²) in [5, 5.41) is 2.79. The molecule has 0 atom stereocenters. The maximum atomic E-state index is 13.2. The van der Waals surface area contributed by atoms with E-state index in [4.69, 9.17) is 30.5 Å². The van der Waals surface area contributed by atoms with E-state index in [1.807, 2.05) is 0 Å². The van der Waals surface area contributed by atoms with Crippen molar-refractivity contribution in [1.82, 2.24) is 5.32 Å². The van der Waals surface area contributed by atoms with Crippen molar-refractivity contribution in [3.05, 3.63) is 34.9 Å². The molecule has 0 unspecified atom stereocenters. The van der Waals surface area contributed by atoms with Crippen LogP contribution in [0, 0.1) is 0 Å². The highest BCUT2D eigenvalue weighted by molar-refractivity contribution is 7.92. The maximum absolute atomic E-state index is 13.2. The summed E-state index contributed by atoms with van der Waals surface area (Å²) in [5.41, 5.74) is 0.852. The Labute approximate surface area is 186 Å². The summed E-state index contributed by atoms with van der Waals surface area (Å²) >= 11 is 6.13. The van der Waals surface area contributed by atoms with Crippen molar-refractivity contribution in [3.8, 4) is 23.0 Å². The Kier molecular flexibility index (Phi) is 8.23. The Bertz CT molecular complexity index is 1060. The minimum Gasteiger partial charge on any atom is -0.495 e. The number of anilines is 1. The van der Waals surface area contributed by atoms with Gasteiger partial charge in [0.1, 0.15) is 16.4 Å². The van der Waals surface area contributed by atoms with Gasteiger partial charge < -0.3 is 24.3 Å². The molecule has 2 aromatic carbocycles. The molecule has 2 aromatic rings. The maximum Gasteiger partial charge on any atom is 0.265 e. The SMILES string of the molecule is COc1cc(OC)c(S(=O)(=O)Nc2cc(OC)c(OC)cc2CCNC(C)=O)cc1Cl. The number of benzene rings is 2. The molecule has 0 heterocycles. The van der Waals surface area contributed by atoms with Crippen LogP contribution >= 0.6 is 11.6 Å². The zero-order chi connectivity index (χ0) is 23.2. The molecule has 0 aromatic heterocycles. The molecular formula is C20H25ClN2O7S. The first kappa shape index (κ1) is 24.4. The van der Waals surface area contributed by atoms with Crippen LogP contribution in [0.2, 0.25) is 5.02 Å². The Hall–Kier alpha value is -2.85. The summed E-state index contributed by atoms with van der Waals surface area (Å²) < 4.78 is 49.9. The van der Waals surface area contributed by atoms with Crippen molar-refractivity contribution in [3.63, 3.8) is 0 Å². The van der Waals surface area contributed by atoms with Gasteiger partial charge >= 0.3 is 0 Å². The monoisotopic (exact) mass is 472 g/mol. The van der Waals surface area contributed by atoms with Crippen LogP contribution in [-0.4, -0.2) is 49.3 Å². The molecule has 0 fully saturated rings. The minimum absolute atomic E-state index is 0.0639. The van der Waals surface area contributed by atoms with Gasteiger partial charge in [0.25, 0.3) is 10.0 Å². The zero-order valence-electron chi connectivity index (χ0n) is 17.9. The molecule has 0 spiro atoms. The molecule has 0 aliphatic carbocycles. The highest BCUT2D eigenvalue weighted by atomic mass is 35.5. The summed E-state index contributed by atoms with van der Waals surface area (Å²) in [6.07, 6.45) is 0.346. The van der Waals surface area contributed by atoms with Crippen LogP contribution in [0.25, 0.3) is 0 Å². The predicted octanol–water partition coefficient (Wildman–Crippen LogP) is 2.85. The molecule has 0 aliphatic heterocycles. The number of methoxy groups -OCH3 is 4. The van der Waals surface area contributed by atoms with E-state index in [-0.39, 0.29) is 33.0 Å². The van der Waals surface area contributed by atoms with E-state index in [0.717, 1.165) is 0 Å². The Balaban J connectivity index is 2.52. The Morgan fingerprint density at radius 2 is 1.48 bits per heavy atom. The number of amides is 1. The van der Waals surface area contributed by atoms with Crippen molar-refractivity contribution in [2.45, 2.75) is 18.2 Å². The third kappa shape index (κ3) is 5.86. The van der Waals surface area contributed by atoms with E-state index in [2.05, 4.69) is 10.0 Å². The topological polar surface area (TPSA) is 112 Å². The summed E-state index contributed by atoms with van der Waals surface area (Å²) in [6.45, 7) is 1.70. The fraction of sp³-hybridized carbons (Fsp3) is 0.350. The largest absolute Gasteiger partial charge is 0.495 e. The lowest BCUT2D eigenvalue weighted by Gasteiger charge is -2.18. The van der Waals surface area contributed by atoms with Crippen molar-refractivity contribution in [2.75, 3.05) is 39.7 Å². The number of hydrogen-bond donors (Lipinski definition) is 2. The molecule has 0 bridgehead atoms. The van der Waals surface area contributed by atoms with Crippen LogP contribution in [0.5, 0.6) is 23.0 Å². The third-order valence-corrected chi connectivity index (χ3v) is 6.03. The fourth-order valence-electron chi connectivity index (χ4n) is 2.84. The van der Waals surface area contributed by atoms with Gasteiger partial charge in [0.05, 0.1) is 39.1 Å². The summed E-state index contributed by atoms with van der Waals surface area (Å²) in [6, 6.07) is 5.80. The van der Waals surface area contributed by atoms with Gasteiger partial charge in [-0.3, -0.25) is 9.52 Å². The van der Waals surface area contributed by atoms with Gasteiger partial charge in [0, 0.05) is 25.6 Å². The number of halogens is 1. The highest BCUT2D eigenvalue weighted by Gasteiger charge is 2.24. The zero-order valence-corrected chi connectivity index (χ0v) is 19.4. The van der Waals surface area contributed by atoms with E-state index in [1.54, 1.807) is 6.07 Å². The van der Waals surface area contributed by atoms with Crippen molar-refractivity contribution >= 4 is 33.2 Å². The first-order chi connectivity index (χ1) is 14.7. The molecule has 2 N–H and O–H groups in total. The molecule has 31 heavy (non-hydrogen) atoms. The molecule has 0 aliphatic rings. The van der Waals surface area contributed by atoms with E-state index in [0.29, 0.717) is 30.0 Å². The van der Waals surface area contributed by atoms with E-state index < -0.39 is 10.0 Å². The van der Waals surface area contributed by atoms with Crippen LogP contribution in [0.3, 0.4) is 0 Å². The summed E-state index contributed by atoms with van der Waals surface area (Å²) in [7, 11) is 1.57. The molecule has 170 valence electrons. The Morgan fingerprint density at radius 3 is 2.03 bits per heavy atom. The molecule has 0 radical (unpaired) electrons. The van der Waals surface area contributed by atoms with Crippen molar-refractivity contribution < 1.29 is 32.2 Å². The van der Waals surface area contributed by atoms with Gasteiger partial charge in [-0.05, 0) is 24.1 Å². The fourth-order valence-corrected chi connectivity index (χ4v) is 4.41. The quantitative estimate of drug-likeness (QED) is 0.546. The van der Waals surface area contributed by atoms with Gasteiger partial charge in [-0.15, -0.1) is 0 Å². The molecule has 9 nitrogen and oxygen atoms in total. The number of rotatable bonds is 10. The van der Waals surface area contributed by atoms with E-state index in [1.165, 1.54) is 53.6 Å². The van der Waals surface area contributed by atoms with Crippen LogP contribution in [0.15, 0.2) is 29.2 Å². The molecule has 1 amide bonds. The van der Waals surface area contributed by atoms with Gasteiger partial charge in [0.2, 0.25) is 5.91 Å². The van der Waals surface area contributed by atoms with E-state index in [9.17, 15) is 13.2 Å². The first-order valence-electron chi connectivity index (χ1n) is 9.10. The number of carbonyl (C=O) groups is 1. The van der Waals surface area contributed by atoms with Gasteiger partial charge in [-0.1, -0.05) is 11.6 Å². The Morgan fingerprint density at radius 1 is 0.903 bits per heavy atom. The molecule has 0 saturated carbocycles. The van der Waals surface area contributed by atoms with Gasteiger partial charge in [-0.2, -0.15) is 0 Å². The lowest BCUT2D eigenvalue weighted by atomic mass is 10.1. The smallest absolute Gasteiger partial charge is 0.265 e. The second kappa shape index (κ2) is 10.5. The lowest BCUT2D eigenvalue weighted by Crippen LogP contribution is -2.23. The normalized spacial score (nSPS) is 10.9. The third-order valence-electron chi connectivity index (χ3n) is 4.35. The molecule has 0 saturated heterocycles.